The van der Waals surface area contributed by atoms with E-state index in [-0.39, 0.29) is 5.56 Å². The van der Waals surface area contributed by atoms with E-state index in [2.05, 4.69) is 19.9 Å². The molecule has 20 heavy (non-hydrogen) atoms. The molecular formula is C16H23N3O. The van der Waals surface area contributed by atoms with Crippen LogP contribution in [0.2, 0.25) is 0 Å². The van der Waals surface area contributed by atoms with Gasteiger partial charge < -0.3 is 5.73 Å². The highest BCUT2D eigenvalue weighted by Gasteiger charge is 2.17. The van der Waals surface area contributed by atoms with Gasteiger partial charge in [0.2, 0.25) is 0 Å². The van der Waals surface area contributed by atoms with E-state index < -0.39 is 0 Å². The highest BCUT2D eigenvalue weighted by atomic mass is 16.1. The Morgan fingerprint density at radius 3 is 2.20 bits per heavy atom. The topological polar surface area (TPSA) is 52.9 Å². The van der Waals surface area contributed by atoms with Crippen molar-refractivity contribution in [1.29, 1.82) is 0 Å². The first-order valence-electron chi connectivity index (χ1n) is 6.96. The molecule has 1 aromatic heterocycles. The molecule has 0 aliphatic rings. The summed E-state index contributed by atoms with van der Waals surface area (Å²) in [6.07, 6.45) is 0.801. The predicted molar refractivity (Wildman–Crippen MR) is 83.4 cm³/mol. The SMILES string of the molecule is Cc1cc(C)cc(-n2c(=O)c(N)c(CC(C)C)n2C)c1. The maximum absolute atomic E-state index is 12.4. The third-order valence-electron chi connectivity index (χ3n) is 3.48. The molecule has 0 spiro atoms. The van der Waals surface area contributed by atoms with E-state index >= 15 is 0 Å². The van der Waals surface area contributed by atoms with Gasteiger partial charge in [-0.3, -0.25) is 9.48 Å². The standard InChI is InChI=1S/C16H23N3O/c1-10(2)6-14-15(17)16(20)19(18(14)5)13-8-11(3)7-12(4)9-13/h7-10H,6,17H2,1-5H3. The Hall–Kier alpha value is -1.97. The molecule has 0 bridgehead atoms. The van der Waals surface area contributed by atoms with Gasteiger partial charge in [-0.1, -0.05) is 19.9 Å². The molecule has 0 amide bonds. The molecule has 1 aromatic carbocycles. The largest absolute Gasteiger partial charge is 0.393 e. The van der Waals surface area contributed by atoms with Crippen LogP contribution in [0.5, 0.6) is 0 Å². The van der Waals surface area contributed by atoms with Crippen LogP contribution in [0.3, 0.4) is 0 Å². The van der Waals surface area contributed by atoms with Crippen LogP contribution in [0, 0.1) is 19.8 Å². The molecule has 0 fully saturated rings. The van der Waals surface area contributed by atoms with Crippen LogP contribution in [0.1, 0.15) is 30.7 Å². The number of benzene rings is 1. The van der Waals surface area contributed by atoms with Crippen LogP contribution in [-0.4, -0.2) is 9.36 Å². The second-order valence-electron chi connectivity index (χ2n) is 5.94. The van der Waals surface area contributed by atoms with Crippen molar-refractivity contribution in [3.63, 3.8) is 0 Å². The number of nitrogens with zero attached hydrogens (tertiary/aromatic N) is 2. The van der Waals surface area contributed by atoms with E-state index in [1.54, 1.807) is 4.68 Å². The Morgan fingerprint density at radius 1 is 1.15 bits per heavy atom. The lowest BCUT2D eigenvalue weighted by Gasteiger charge is -2.12. The minimum atomic E-state index is -0.131. The minimum absolute atomic E-state index is 0.131. The van der Waals surface area contributed by atoms with Crippen molar-refractivity contribution in [2.75, 3.05) is 5.73 Å². The second kappa shape index (κ2) is 5.19. The summed E-state index contributed by atoms with van der Waals surface area (Å²) in [5.41, 5.74) is 10.3. The summed E-state index contributed by atoms with van der Waals surface area (Å²) in [5, 5.41) is 0. The van der Waals surface area contributed by atoms with Gasteiger partial charge in [-0.2, -0.15) is 0 Å². The molecule has 0 saturated carbocycles. The first-order valence-corrected chi connectivity index (χ1v) is 6.96. The Balaban J connectivity index is 2.66. The molecule has 4 heteroatoms. The van der Waals surface area contributed by atoms with Crippen LogP contribution < -0.4 is 11.3 Å². The number of aryl methyl sites for hydroxylation is 2. The van der Waals surface area contributed by atoms with E-state index in [1.165, 1.54) is 0 Å². The second-order valence-corrected chi connectivity index (χ2v) is 5.94. The van der Waals surface area contributed by atoms with Crippen LogP contribution in [0.4, 0.5) is 5.69 Å². The fourth-order valence-electron chi connectivity index (χ4n) is 2.66. The average Bonchev–Trinajstić information content (AvgIpc) is 2.52. The van der Waals surface area contributed by atoms with E-state index in [4.69, 9.17) is 5.73 Å². The zero-order chi connectivity index (χ0) is 15.0. The smallest absolute Gasteiger partial charge is 0.294 e. The van der Waals surface area contributed by atoms with Crippen LogP contribution >= 0.6 is 0 Å². The highest BCUT2D eigenvalue weighted by molar-refractivity contribution is 5.47. The molecule has 0 saturated heterocycles. The molecule has 1 heterocycles. The van der Waals surface area contributed by atoms with E-state index in [1.807, 2.05) is 37.7 Å². The molecule has 0 atom stereocenters. The first-order chi connectivity index (χ1) is 9.31. The van der Waals surface area contributed by atoms with E-state index in [0.717, 1.165) is 28.9 Å². The maximum atomic E-state index is 12.4. The lowest BCUT2D eigenvalue weighted by molar-refractivity contribution is 0.563. The minimum Gasteiger partial charge on any atom is -0.393 e. The third kappa shape index (κ3) is 2.50. The average molecular weight is 273 g/mol. The molecular weight excluding hydrogens is 250 g/mol. The third-order valence-corrected chi connectivity index (χ3v) is 3.48. The molecule has 0 unspecified atom stereocenters. The lowest BCUT2D eigenvalue weighted by atomic mass is 10.1. The van der Waals surface area contributed by atoms with Crippen molar-refractivity contribution in [2.24, 2.45) is 13.0 Å². The Labute approximate surface area is 119 Å². The molecule has 0 aliphatic heterocycles. The van der Waals surface area contributed by atoms with Gasteiger partial charge in [0.25, 0.3) is 5.56 Å². The number of hydrogen-bond donors (Lipinski definition) is 1. The Kier molecular flexibility index (Phi) is 3.75. The van der Waals surface area contributed by atoms with Gasteiger partial charge in [-0.05, 0) is 49.4 Å². The Morgan fingerprint density at radius 2 is 1.70 bits per heavy atom. The summed E-state index contributed by atoms with van der Waals surface area (Å²) >= 11 is 0. The van der Waals surface area contributed by atoms with Crippen molar-refractivity contribution in [3.05, 3.63) is 45.4 Å². The van der Waals surface area contributed by atoms with Gasteiger partial charge in [0.15, 0.2) is 0 Å². The number of rotatable bonds is 3. The van der Waals surface area contributed by atoms with Crippen LogP contribution in [0.25, 0.3) is 5.69 Å². The van der Waals surface area contributed by atoms with Gasteiger partial charge >= 0.3 is 0 Å². The highest BCUT2D eigenvalue weighted by Crippen LogP contribution is 2.18. The molecule has 0 radical (unpaired) electrons. The zero-order valence-electron chi connectivity index (χ0n) is 12.9. The van der Waals surface area contributed by atoms with E-state index in [0.29, 0.717) is 11.6 Å². The zero-order valence-corrected chi connectivity index (χ0v) is 12.9. The number of hydrogen-bond acceptors (Lipinski definition) is 2. The maximum Gasteiger partial charge on any atom is 0.294 e. The predicted octanol–water partition coefficient (Wildman–Crippen LogP) is 2.57. The number of anilines is 1. The molecule has 2 rings (SSSR count). The number of aromatic nitrogens is 2. The monoisotopic (exact) mass is 273 g/mol. The summed E-state index contributed by atoms with van der Waals surface area (Å²) < 4.78 is 3.54. The summed E-state index contributed by atoms with van der Waals surface area (Å²) in [5.74, 6) is 0.456. The first kappa shape index (κ1) is 14.4. The number of nitrogens with two attached hydrogens (primary N) is 1. The van der Waals surface area contributed by atoms with Crippen molar-refractivity contribution in [1.82, 2.24) is 9.36 Å². The molecule has 4 nitrogen and oxygen atoms in total. The summed E-state index contributed by atoms with van der Waals surface area (Å²) in [6, 6.07) is 6.11. The summed E-state index contributed by atoms with van der Waals surface area (Å²) in [4.78, 5) is 12.4. The van der Waals surface area contributed by atoms with Crippen molar-refractivity contribution in [2.45, 2.75) is 34.1 Å². The quantitative estimate of drug-likeness (QED) is 0.934. The lowest BCUT2D eigenvalue weighted by Crippen LogP contribution is -2.21. The number of nitrogen functional groups attached to an aromatic ring is 1. The fraction of sp³-hybridized carbons (Fsp3) is 0.438. The summed E-state index contributed by atoms with van der Waals surface area (Å²) in [6.45, 7) is 8.31. The van der Waals surface area contributed by atoms with Gasteiger partial charge in [-0.25, -0.2) is 4.68 Å². The van der Waals surface area contributed by atoms with E-state index in [9.17, 15) is 4.79 Å². The van der Waals surface area contributed by atoms with Gasteiger partial charge in [0.1, 0.15) is 5.69 Å². The van der Waals surface area contributed by atoms with Crippen molar-refractivity contribution < 1.29 is 0 Å². The van der Waals surface area contributed by atoms with Gasteiger partial charge in [-0.15, -0.1) is 0 Å². The fourth-order valence-corrected chi connectivity index (χ4v) is 2.66. The van der Waals surface area contributed by atoms with Crippen molar-refractivity contribution in [3.8, 4) is 5.69 Å². The molecule has 108 valence electrons. The normalized spacial score (nSPS) is 11.3. The summed E-state index contributed by atoms with van der Waals surface area (Å²) in [7, 11) is 1.90. The molecule has 2 aromatic rings. The van der Waals surface area contributed by atoms with Crippen molar-refractivity contribution >= 4 is 5.69 Å². The van der Waals surface area contributed by atoms with Gasteiger partial charge in [0.05, 0.1) is 11.4 Å². The van der Waals surface area contributed by atoms with Crippen LogP contribution in [-0.2, 0) is 13.5 Å². The van der Waals surface area contributed by atoms with Crippen LogP contribution in [0.15, 0.2) is 23.0 Å². The van der Waals surface area contributed by atoms with Gasteiger partial charge in [0, 0.05) is 7.05 Å². The molecule has 2 N–H and O–H groups in total. The molecule has 0 aliphatic carbocycles. The Bertz CT molecular complexity index is 672.